The first-order valence-corrected chi connectivity index (χ1v) is 11.8. The highest BCUT2D eigenvalue weighted by Gasteiger charge is 2.39. The number of hydroxylamine groups is 1. The molecule has 2 fully saturated rings. The summed E-state index contributed by atoms with van der Waals surface area (Å²) in [6, 6.07) is 13.0. The Hall–Kier alpha value is -3.31. The van der Waals surface area contributed by atoms with Gasteiger partial charge in [-0.3, -0.25) is 19.6 Å². The second kappa shape index (κ2) is 11.0. The number of aliphatic hydroxyl groups excluding tert-OH is 1. The quantitative estimate of drug-likeness (QED) is 0.159. The number of amides is 3. The van der Waals surface area contributed by atoms with Crippen molar-refractivity contribution in [3.63, 3.8) is 0 Å². The molecule has 0 heterocycles. The van der Waals surface area contributed by atoms with E-state index in [4.69, 9.17) is 10.9 Å². The number of hydrogen-bond acceptors (Lipinski definition) is 7. The van der Waals surface area contributed by atoms with Gasteiger partial charge in [0.2, 0.25) is 5.91 Å². The normalized spacial score (nSPS) is 22.3. The van der Waals surface area contributed by atoms with Gasteiger partial charge in [0.05, 0.1) is 6.54 Å². The molecule has 2 bridgehead atoms. The average Bonchev–Trinajstić information content (AvgIpc) is 3.49. The van der Waals surface area contributed by atoms with Crippen LogP contribution in [0.1, 0.15) is 36.0 Å². The summed E-state index contributed by atoms with van der Waals surface area (Å²) < 4.78 is 0. The third-order valence-corrected chi connectivity index (χ3v) is 6.93. The number of aliphatic hydroxyl groups is 1. The van der Waals surface area contributed by atoms with Crippen LogP contribution in [0.2, 0.25) is 0 Å². The third kappa shape index (κ3) is 6.04. The van der Waals surface area contributed by atoms with Crippen molar-refractivity contribution in [2.75, 3.05) is 11.9 Å². The lowest BCUT2D eigenvalue weighted by Crippen LogP contribution is -2.55. The number of anilines is 1. The van der Waals surface area contributed by atoms with Gasteiger partial charge in [-0.1, -0.05) is 30.7 Å². The lowest BCUT2D eigenvalue weighted by Gasteiger charge is -2.22. The molecule has 0 radical (unpaired) electrons. The Morgan fingerprint density at radius 1 is 0.971 bits per heavy atom. The molecule has 35 heavy (non-hydrogen) atoms. The number of rotatable bonds is 9. The van der Waals surface area contributed by atoms with E-state index in [1.54, 1.807) is 24.3 Å². The van der Waals surface area contributed by atoms with Gasteiger partial charge in [0.25, 0.3) is 11.8 Å². The lowest BCUT2D eigenvalue weighted by atomic mass is 9.95. The molecule has 10 nitrogen and oxygen atoms in total. The molecule has 3 amide bonds. The molecule has 186 valence electrons. The summed E-state index contributed by atoms with van der Waals surface area (Å²) in [7, 11) is 0. The van der Waals surface area contributed by atoms with Crippen LogP contribution in [-0.2, 0) is 9.59 Å². The number of carbonyl (C=O) groups is 3. The van der Waals surface area contributed by atoms with Gasteiger partial charge in [-0.15, -0.1) is 0 Å². The van der Waals surface area contributed by atoms with Gasteiger partial charge in [0.15, 0.2) is 0 Å². The Balaban J connectivity index is 1.29. The molecule has 5 atom stereocenters. The molecule has 1 unspecified atom stereocenters. The molecule has 0 aliphatic heterocycles. The first kappa shape index (κ1) is 24.8. The monoisotopic (exact) mass is 481 g/mol. The van der Waals surface area contributed by atoms with E-state index >= 15 is 0 Å². The molecular formula is C25H31N5O5. The maximum atomic E-state index is 12.4. The van der Waals surface area contributed by atoms with Crippen LogP contribution in [0.15, 0.2) is 48.5 Å². The number of nitrogens with one attached hydrogen (secondary N) is 4. The van der Waals surface area contributed by atoms with E-state index < -0.39 is 24.1 Å². The largest absolute Gasteiger partial charge is 0.376 e. The zero-order chi connectivity index (χ0) is 24.9. The van der Waals surface area contributed by atoms with Crippen LogP contribution in [0.4, 0.5) is 5.69 Å². The smallest absolute Gasteiger partial charge is 0.270 e. The van der Waals surface area contributed by atoms with E-state index in [2.05, 4.69) is 16.0 Å². The fourth-order valence-corrected chi connectivity index (χ4v) is 5.08. The first-order valence-electron chi connectivity index (χ1n) is 11.8. The number of hydrogen-bond donors (Lipinski definition) is 7. The topological polar surface area (TPSA) is 166 Å². The predicted molar refractivity (Wildman–Crippen MR) is 129 cm³/mol. The van der Waals surface area contributed by atoms with Gasteiger partial charge < -0.3 is 26.8 Å². The second-order valence-corrected chi connectivity index (χ2v) is 9.28. The van der Waals surface area contributed by atoms with E-state index in [0.29, 0.717) is 18.3 Å². The zero-order valence-electron chi connectivity index (χ0n) is 19.2. The Kier molecular flexibility index (Phi) is 7.76. The minimum absolute atomic E-state index is 0.0633. The highest BCUT2D eigenvalue weighted by molar-refractivity contribution is 5.98. The molecule has 2 saturated carbocycles. The van der Waals surface area contributed by atoms with Crippen molar-refractivity contribution in [2.24, 2.45) is 17.6 Å². The van der Waals surface area contributed by atoms with Crippen molar-refractivity contribution in [3.8, 4) is 11.1 Å². The standard InChI is InChI=1S/C25H31N5O5/c26-23(32)22(25(34)30-35)29-24(33)17-5-3-15(4-6-17)16-7-9-19(10-8-16)28-21(31)13-27-20-12-14-1-2-18(20)11-14/h3-10,14,18,20,22-23,27,32,35H,1-2,11-13,26H2,(H,28,31)(H,29,33)(H,30,34)/t14-,18+,20?,22+,23+/m1/s1. The maximum Gasteiger partial charge on any atom is 0.270 e. The minimum atomic E-state index is -1.68. The van der Waals surface area contributed by atoms with E-state index in [1.165, 1.54) is 31.2 Å². The fourth-order valence-electron chi connectivity index (χ4n) is 5.08. The molecule has 0 spiro atoms. The number of fused-ring (bicyclic) bond motifs is 2. The minimum Gasteiger partial charge on any atom is -0.376 e. The molecule has 2 aromatic carbocycles. The van der Waals surface area contributed by atoms with Crippen molar-refractivity contribution in [1.29, 1.82) is 0 Å². The molecule has 0 aromatic heterocycles. The summed E-state index contributed by atoms with van der Waals surface area (Å²) in [5.41, 5.74) is 9.33. The summed E-state index contributed by atoms with van der Waals surface area (Å²) in [6.07, 6.45) is 3.40. The molecule has 10 heteroatoms. The van der Waals surface area contributed by atoms with Crippen LogP contribution in [0.5, 0.6) is 0 Å². The molecule has 2 aromatic rings. The van der Waals surface area contributed by atoms with Gasteiger partial charge >= 0.3 is 0 Å². The summed E-state index contributed by atoms with van der Waals surface area (Å²) in [4.78, 5) is 36.2. The number of nitrogens with two attached hydrogens (primary N) is 1. The van der Waals surface area contributed by atoms with Crippen molar-refractivity contribution < 1.29 is 24.7 Å². The highest BCUT2D eigenvalue weighted by atomic mass is 16.5. The summed E-state index contributed by atoms with van der Waals surface area (Å²) >= 11 is 0. The maximum absolute atomic E-state index is 12.4. The van der Waals surface area contributed by atoms with E-state index in [1.807, 2.05) is 24.3 Å². The van der Waals surface area contributed by atoms with Crippen LogP contribution < -0.4 is 27.2 Å². The number of carbonyl (C=O) groups excluding carboxylic acids is 3. The molecule has 2 aliphatic rings. The van der Waals surface area contributed by atoms with Gasteiger partial charge in [-0.2, -0.15) is 0 Å². The average molecular weight is 482 g/mol. The molecule has 0 saturated heterocycles. The van der Waals surface area contributed by atoms with Crippen LogP contribution >= 0.6 is 0 Å². The van der Waals surface area contributed by atoms with Crippen molar-refractivity contribution in [2.45, 2.75) is 44.0 Å². The van der Waals surface area contributed by atoms with Gasteiger partial charge in [0.1, 0.15) is 12.3 Å². The predicted octanol–water partition coefficient (Wildman–Crippen LogP) is 0.951. The van der Waals surface area contributed by atoms with Crippen LogP contribution in [0.3, 0.4) is 0 Å². The van der Waals surface area contributed by atoms with Gasteiger partial charge in [0, 0.05) is 17.3 Å². The van der Waals surface area contributed by atoms with Crippen LogP contribution in [-0.4, -0.2) is 52.9 Å². The third-order valence-electron chi connectivity index (χ3n) is 6.93. The zero-order valence-corrected chi connectivity index (χ0v) is 19.2. The Bertz CT molecular complexity index is 1060. The Morgan fingerprint density at radius 3 is 2.17 bits per heavy atom. The van der Waals surface area contributed by atoms with Crippen LogP contribution in [0.25, 0.3) is 11.1 Å². The first-order chi connectivity index (χ1) is 16.8. The second-order valence-electron chi connectivity index (χ2n) is 9.28. The van der Waals surface area contributed by atoms with E-state index in [-0.39, 0.29) is 11.5 Å². The number of benzene rings is 2. The van der Waals surface area contributed by atoms with E-state index in [9.17, 15) is 19.5 Å². The van der Waals surface area contributed by atoms with Crippen molar-refractivity contribution >= 4 is 23.4 Å². The Morgan fingerprint density at radius 2 is 1.63 bits per heavy atom. The van der Waals surface area contributed by atoms with Gasteiger partial charge in [-0.25, -0.2) is 5.48 Å². The molecule has 2 aliphatic carbocycles. The van der Waals surface area contributed by atoms with Crippen molar-refractivity contribution in [3.05, 3.63) is 54.1 Å². The van der Waals surface area contributed by atoms with Gasteiger partial charge in [-0.05, 0) is 66.5 Å². The summed E-state index contributed by atoms with van der Waals surface area (Å²) in [6.45, 7) is 0.307. The summed E-state index contributed by atoms with van der Waals surface area (Å²) in [5, 5.41) is 26.8. The lowest BCUT2D eigenvalue weighted by molar-refractivity contribution is -0.133. The SMILES string of the molecule is N[C@@H](O)[C@H](NC(=O)c1ccc(-c2ccc(NC(=O)CNC3C[C@@H]4CC[C@H]3C4)cc2)cc1)C(=O)NO. The fraction of sp³-hybridized carbons (Fsp3) is 0.400. The van der Waals surface area contributed by atoms with Crippen molar-refractivity contribution in [1.82, 2.24) is 16.1 Å². The highest BCUT2D eigenvalue weighted by Crippen LogP contribution is 2.44. The summed E-state index contributed by atoms with van der Waals surface area (Å²) in [5.74, 6) is -0.171. The molecular weight excluding hydrogens is 450 g/mol. The molecule has 8 N–H and O–H groups in total. The Labute approximate surface area is 203 Å². The van der Waals surface area contributed by atoms with Crippen LogP contribution in [0, 0.1) is 11.8 Å². The van der Waals surface area contributed by atoms with E-state index in [0.717, 1.165) is 23.0 Å². The molecule has 4 rings (SSSR count).